The van der Waals surface area contributed by atoms with Crippen molar-refractivity contribution in [1.82, 2.24) is 39.0 Å². The number of aliphatic carboxylic acids is 1. The molecule has 0 fully saturated rings. The first-order valence-corrected chi connectivity index (χ1v) is 16.2. The van der Waals surface area contributed by atoms with E-state index in [2.05, 4.69) is 25.3 Å². The summed E-state index contributed by atoms with van der Waals surface area (Å²) in [6.45, 7) is 0. The van der Waals surface area contributed by atoms with Crippen LogP contribution in [-0.4, -0.2) is 65.1 Å². The number of halogens is 2. The maximum Gasteiger partial charge on any atom is 0.337 e. The Labute approximate surface area is 285 Å². The number of sulfonamides is 1. The van der Waals surface area contributed by atoms with Gasteiger partial charge in [-0.05, 0) is 48.0 Å². The van der Waals surface area contributed by atoms with Crippen LogP contribution in [0.2, 0.25) is 0 Å². The molecule has 1 atom stereocenters. The van der Waals surface area contributed by atoms with Crippen molar-refractivity contribution >= 4 is 38.8 Å². The van der Waals surface area contributed by atoms with Gasteiger partial charge in [0.25, 0.3) is 21.5 Å². The molecule has 4 heterocycles. The number of aromatic nitrogens is 7. The zero-order chi connectivity index (χ0) is 36.6. The van der Waals surface area contributed by atoms with Gasteiger partial charge in [0, 0.05) is 44.7 Å². The standard InChI is InChI=1S/C32H25F2N9O7S/c1-41-16-38-28-26(41)30(45)43(32(48)42(28)2)20-7-4-17(5-8-20)12-23(31(46)47)39-29(44)25-21(33)13-19(14-22(25)34)40-51(49,50)24-9-6-18(15-37-24)27-35-10-3-11-36-27/h3-11,13-16,23,40H,12H2,1-2H3,(H,39,44)(H,46,47)/t23-/m0/s1. The SMILES string of the molecule is Cn1cnc2c1c(=O)n(-c1ccc(C[C@H](NC(=O)c3c(F)cc(NS(=O)(=O)c4ccc(-c5ncccn5)cn4)cc3F)C(=O)O)cc1)c(=O)n2C. The van der Waals surface area contributed by atoms with Gasteiger partial charge in [0.2, 0.25) is 0 Å². The molecule has 19 heteroatoms. The van der Waals surface area contributed by atoms with Gasteiger partial charge in [-0.3, -0.25) is 18.9 Å². The lowest BCUT2D eigenvalue weighted by Gasteiger charge is -2.16. The summed E-state index contributed by atoms with van der Waals surface area (Å²) in [5.41, 5.74) is -1.69. The molecule has 0 aliphatic heterocycles. The number of amides is 1. The number of hydrogen-bond donors (Lipinski definition) is 3. The van der Waals surface area contributed by atoms with E-state index in [0.717, 1.165) is 10.6 Å². The first-order chi connectivity index (χ1) is 24.2. The molecule has 1 amide bonds. The summed E-state index contributed by atoms with van der Waals surface area (Å²) < 4.78 is 61.5. The minimum absolute atomic E-state index is 0.179. The molecule has 0 saturated heterocycles. The summed E-state index contributed by atoms with van der Waals surface area (Å²) in [6.07, 6.45) is 5.24. The fourth-order valence-corrected chi connectivity index (χ4v) is 6.17. The third-order valence-electron chi connectivity index (χ3n) is 7.71. The van der Waals surface area contributed by atoms with Crippen LogP contribution in [0, 0.1) is 11.6 Å². The van der Waals surface area contributed by atoms with E-state index in [0.29, 0.717) is 29.1 Å². The second-order valence-corrected chi connectivity index (χ2v) is 12.8. The van der Waals surface area contributed by atoms with E-state index in [-0.39, 0.29) is 23.3 Å². The number of nitrogens with zero attached hydrogens (tertiary/aromatic N) is 7. The van der Waals surface area contributed by atoms with Gasteiger partial charge in [-0.25, -0.2) is 42.9 Å². The number of carbonyl (C=O) groups is 2. The van der Waals surface area contributed by atoms with Crippen molar-refractivity contribution in [3.8, 4) is 17.1 Å². The molecule has 0 spiro atoms. The summed E-state index contributed by atoms with van der Waals surface area (Å²) in [4.78, 5) is 67.0. The average Bonchev–Trinajstić information content (AvgIpc) is 3.49. The van der Waals surface area contributed by atoms with Crippen LogP contribution in [0.3, 0.4) is 0 Å². The molecule has 0 unspecified atom stereocenters. The predicted molar refractivity (Wildman–Crippen MR) is 177 cm³/mol. The number of aryl methyl sites for hydroxylation is 2. The molecule has 0 bridgehead atoms. The molecule has 0 aliphatic rings. The number of benzene rings is 2. The van der Waals surface area contributed by atoms with Gasteiger partial charge in [0.05, 0.1) is 17.7 Å². The lowest BCUT2D eigenvalue weighted by Crippen LogP contribution is -2.43. The van der Waals surface area contributed by atoms with Crippen molar-refractivity contribution in [3.63, 3.8) is 0 Å². The first kappa shape index (κ1) is 34.2. The number of anilines is 1. The van der Waals surface area contributed by atoms with E-state index in [1.54, 1.807) is 13.1 Å². The zero-order valence-corrected chi connectivity index (χ0v) is 27.3. The van der Waals surface area contributed by atoms with Gasteiger partial charge in [-0.1, -0.05) is 12.1 Å². The molecule has 16 nitrogen and oxygen atoms in total. The van der Waals surface area contributed by atoms with Crippen LogP contribution in [0.5, 0.6) is 0 Å². The van der Waals surface area contributed by atoms with E-state index in [1.807, 2.05) is 4.72 Å². The fourth-order valence-electron chi connectivity index (χ4n) is 5.19. The summed E-state index contributed by atoms with van der Waals surface area (Å²) in [7, 11) is -1.38. The molecule has 2 aromatic carbocycles. The first-order valence-electron chi connectivity index (χ1n) is 14.8. The molecular formula is C32H25F2N9O7S. The van der Waals surface area contributed by atoms with E-state index in [9.17, 15) is 32.7 Å². The molecule has 0 radical (unpaired) electrons. The number of hydrogen-bond acceptors (Lipinski definition) is 10. The highest BCUT2D eigenvalue weighted by molar-refractivity contribution is 7.92. The van der Waals surface area contributed by atoms with Crippen molar-refractivity contribution in [2.45, 2.75) is 17.5 Å². The van der Waals surface area contributed by atoms with Crippen LogP contribution in [0.1, 0.15) is 15.9 Å². The van der Waals surface area contributed by atoms with E-state index in [4.69, 9.17) is 0 Å². The van der Waals surface area contributed by atoms with Crippen LogP contribution < -0.4 is 21.3 Å². The van der Waals surface area contributed by atoms with E-state index >= 15 is 8.78 Å². The summed E-state index contributed by atoms with van der Waals surface area (Å²) in [5, 5.41) is 11.4. The highest BCUT2D eigenvalue weighted by Crippen LogP contribution is 2.23. The lowest BCUT2D eigenvalue weighted by molar-refractivity contribution is -0.139. The highest BCUT2D eigenvalue weighted by Gasteiger charge is 2.27. The molecule has 0 aliphatic carbocycles. The van der Waals surface area contributed by atoms with Crippen molar-refractivity contribution < 1.29 is 31.9 Å². The Morgan fingerprint density at radius 2 is 1.61 bits per heavy atom. The normalized spacial score (nSPS) is 12.1. The molecule has 6 aromatic rings. The fraction of sp³-hybridized carbons (Fsp3) is 0.125. The molecule has 4 aromatic heterocycles. The van der Waals surface area contributed by atoms with Gasteiger partial charge in [-0.15, -0.1) is 0 Å². The number of imidazole rings is 1. The van der Waals surface area contributed by atoms with E-state index in [1.165, 1.54) is 71.4 Å². The quantitative estimate of drug-likeness (QED) is 0.186. The topological polar surface area (TPSA) is 213 Å². The molecular weight excluding hydrogens is 692 g/mol. The summed E-state index contributed by atoms with van der Waals surface area (Å²) >= 11 is 0. The van der Waals surface area contributed by atoms with Crippen molar-refractivity contribution in [2.24, 2.45) is 14.1 Å². The number of pyridine rings is 1. The second-order valence-electron chi connectivity index (χ2n) is 11.1. The number of rotatable bonds is 10. The Balaban J connectivity index is 1.17. The lowest BCUT2D eigenvalue weighted by atomic mass is 10.0. The minimum atomic E-state index is -4.44. The largest absolute Gasteiger partial charge is 0.480 e. The molecule has 51 heavy (non-hydrogen) atoms. The zero-order valence-electron chi connectivity index (χ0n) is 26.5. The average molecular weight is 718 g/mol. The third kappa shape index (κ3) is 6.69. The van der Waals surface area contributed by atoms with E-state index < -0.39 is 67.1 Å². The number of nitrogens with one attached hydrogen (secondary N) is 2. The second kappa shape index (κ2) is 13.3. The minimum Gasteiger partial charge on any atom is -0.480 e. The highest BCUT2D eigenvalue weighted by atomic mass is 32.2. The van der Waals surface area contributed by atoms with Gasteiger partial charge >= 0.3 is 11.7 Å². The Bertz CT molecular complexity index is 2530. The maximum absolute atomic E-state index is 15.1. The predicted octanol–water partition coefficient (Wildman–Crippen LogP) is 1.78. The van der Waals surface area contributed by atoms with Crippen LogP contribution in [0.4, 0.5) is 14.5 Å². The maximum atomic E-state index is 15.1. The Hall–Kier alpha value is -6.63. The number of carboxylic acids is 1. The molecule has 260 valence electrons. The smallest absolute Gasteiger partial charge is 0.337 e. The van der Waals surface area contributed by atoms with Crippen LogP contribution in [0.15, 0.2) is 94.1 Å². The van der Waals surface area contributed by atoms with Crippen molar-refractivity contribution in [1.29, 1.82) is 0 Å². The van der Waals surface area contributed by atoms with Gasteiger partial charge < -0.3 is 15.0 Å². The van der Waals surface area contributed by atoms with Crippen LogP contribution in [-0.2, 0) is 35.3 Å². The van der Waals surface area contributed by atoms with Crippen LogP contribution in [0.25, 0.3) is 28.2 Å². The van der Waals surface area contributed by atoms with Gasteiger partial charge in [-0.2, -0.15) is 8.42 Å². The third-order valence-corrected chi connectivity index (χ3v) is 9.01. The van der Waals surface area contributed by atoms with Gasteiger partial charge in [0.1, 0.15) is 23.2 Å². The Kier molecular flexibility index (Phi) is 8.96. The summed E-state index contributed by atoms with van der Waals surface area (Å²) in [6, 6.07) is 9.25. The van der Waals surface area contributed by atoms with Crippen LogP contribution >= 0.6 is 0 Å². The van der Waals surface area contributed by atoms with Crippen molar-refractivity contribution in [2.75, 3.05) is 4.72 Å². The molecule has 3 N–H and O–H groups in total. The van der Waals surface area contributed by atoms with Gasteiger partial charge in [0.15, 0.2) is 22.0 Å². The Morgan fingerprint density at radius 1 is 0.941 bits per heavy atom. The number of carboxylic acid groups (broad SMARTS) is 1. The summed E-state index contributed by atoms with van der Waals surface area (Å²) in [5.74, 6) is -5.59. The molecule has 0 saturated carbocycles. The van der Waals surface area contributed by atoms with Crippen molar-refractivity contribution in [3.05, 3.63) is 123 Å². The molecule has 6 rings (SSSR count). The number of carbonyl (C=O) groups excluding carboxylic acids is 1. The Morgan fingerprint density at radius 3 is 2.22 bits per heavy atom. The number of fused-ring (bicyclic) bond motifs is 1. The monoisotopic (exact) mass is 717 g/mol.